The summed E-state index contributed by atoms with van der Waals surface area (Å²) in [5.41, 5.74) is 2.15. The summed E-state index contributed by atoms with van der Waals surface area (Å²) >= 11 is 0. The summed E-state index contributed by atoms with van der Waals surface area (Å²) in [5.74, 6) is 0.448. The third-order valence-electron chi connectivity index (χ3n) is 4.40. The van der Waals surface area contributed by atoms with Crippen LogP contribution in [-0.4, -0.2) is 36.9 Å². The van der Waals surface area contributed by atoms with E-state index in [1.165, 1.54) is 0 Å². The van der Waals surface area contributed by atoms with E-state index in [2.05, 4.69) is 5.32 Å². The summed E-state index contributed by atoms with van der Waals surface area (Å²) in [6.07, 6.45) is 2.16. The average Bonchev–Trinajstić information content (AvgIpc) is 3.20. The van der Waals surface area contributed by atoms with Crippen LogP contribution in [0.25, 0.3) is 0 Å². The third kappa shape index (κ3) is 3.99. The monoisotopic (exact) mass is 338 g/mol. The number of ether oxygens (including phenoxy) is 1. The molecule has 2 amide bonds. The van der Waals surface area contributed by atoms with Crippen molar-refractivity contribution >= 4 is 11.8 Å². The first-order valence-electron chi connectivity index (χ1n) is 8.48. The fraction of sp³-hybridized carbons (Fsp3) is 0.300. The van der Waals surface area contributed by atoms with Crippen molar-refractivity contribution in [2.45, 2.75) is 19.4 Å². The van der Waals surface area contributed by atoms with Gasteiger partial charge in [-0.25, -0.2) is 0 Å². The molecule has 5 nitrogen and oxygen atoms in total. The maximum Gasteiger partial charge on any atom is 0.255 e. The van der Waals surface area contributed by atoms with E-state index in [9.17, 15) is 9.59 Å². The fourth-order valence-electron chi connectivity index (χ4n) is 2.98. The highest BCUT2D eigenvalue weighted by Crippen LogP contribution is 2.17. The van der Waals surface area contributed by atoms with Crippen LogP contribution in [0, 0.1) is 0 Å². The summed E-state index contributed by atoms with van der Waals surface area (Å²) in [6.45, 7) is 2.08. The van der Waals surface area contributed by atoms with Crippen LogP contribution in [0.1, 0.15) is 39.1 Å². The standard InChI is InChI=1S/C20H22N2O3/c1-25-18-7-3-2-6-17(18)19(23)21-14-15-8-10-16(11-9-15)20(24)22-12-4-5-13-22/h2-3,6-11H,4-5,12-14H2,1H3,(H,21,23). The Morgan fingerprint density at radius 2 is 1.72 bits per heavy atom. The lowest BCUT2D eigenvalue weighted by Crippen LogP contribution is -2.27. The largest absolute Gasteiger partial charge is 0.496 e. The van der Waals surface area contributed by atoms with E-state index in [1.54, 1.807) is 25.3 Å². The lowest BCUT2D eigenvalue weighted by atomic mass is 10.1. The van der Waals surface area contributed by atoms with Crippen molar-refractivity contribution in [1.29, 1.82) is 0 Å². The lowest BCUT2D eigenvalue weighted by Gasteiger charge is -2.15. The molecule has 5 heteroatoms. The molecule has 0 aliphatic carbocycles. The molecule has 0 spiro atoms. The van der Waals surface area contributed by atoms with E-state index in [0.717, 1.165) is 31.5 Å². The first-order valence-corrected chi connectivity index (χ1v) is 8.48. The Morgan fingerprint density at radius 3 is 2.40 bits per heavy atom. The molecule has 0 saturated carbocycles. The number of carbonyl (C=O) groups is 2. The summed E-state index contributed by atoms with van der Waals surface area (Å²) in [5, 5.41) is 2.88. The number of likely N-dealkylation sites (tertiary alicyclic amines) is 1. The highest BCUT2D eigenvalue weighted by molar-refractivity contribution is 5.97. The van der Waals surface area contributed by atoms with Gasteiger partial charge in [-0.2, -0.15) is 0 Å². The number of hydrogen-bond acceptors (Lipinski definition) is 3. The molecule has 0 atom stereocenters. The Morgan fingerprint density at radius 1 is 1.04 bits per heavy atom. The number of nitrogens with zero attached hydrogens (tertiary/aromatic N) is 1. The number of hydrogen-bond donors (Lipinski definition) is 1. The minimum Gasteiger partial charge on any atom is -0.496 e. The molecule has 1 heterocycles. The van der Waals surface area contributed by atoms with E-state index in [1.807, 2.05) is 35.2 Å². The Labute approximate surface area is 147 Å². The molecule has 0 bridgehead atoms. The molecule has 2 aromatic rings. The zero-order valence-corrected chi connectivity index (χ0v) is 14.3. The van der Waals surface area contributed by atoms with Gasteiger partial charge in [-0.3, -0.25) is 9.59 Å². The normalized spacial score (nSPS) is 13.6. The molecule has 0 aromatic heterocycles. The van der Waals surface area contributed by atoms with Crippen molar-refractivity contribution in [3.63, 3.8) is 0 Å². The number of benzene rings is 2. The van der Waals surface area contributed by atoms with E-state index in [4.69, 9.17) is 4.74 Å². The molecule has 25 heavy (non-hydrogen) atoms. The topological polar surface area (TPSA) is 58.6 Å². The van der Waals surface area contributed by atoms with Crippen molar-refractivity contribution in [3.05, 3.63) is 65.2 Å². The van der Waals surface area contributed by atoms with Gasteiger partial charge in [-0.15, -0.1) is 0 Å². The van der Waals surface area contributed by atoms with Gasteiger partial charge in [0.1, 0.15) is 5.75 Å². The Balaban J connectivity index is 1.60. The molecule has 1 saturated heterocycles. The van der Waals surface area contributed by atoms with Crippen LogP contribution in [0.5, 0.6) is 5.75 Å². The molecule has 1 aliphatic rings. The highest BCUT2D eigenvalue weighted by Gasteiger charge is 2.19. The van der Waals surface area contributed by atoms with Crippen LogP contribution >= 0.6 is 0 Å². The van der Waals surface area contributed by atoms with E-state index < -0.39 is 0 Å². The van der Waals surface area contributed by atoms with Gasteiger partial charge in [0.2, 0.25) is 0 Å². The second kappa shape index (κ2) is 7.83. The van der Waals surface area contributed by atoms with Gasteiger partial charge in [-0.1, -0.05) is 24.3 Å². The highest BCUT2D eigenvalue weighted by atomic mass is 16.5. The van der Waals surface area contributed by atoms with Crippen LogP contribution in [0.4, 0.5) is 0 Å². The summed E-state index contributed by atoms with van der Waals surface area (Å²) in [7, 11) is 1.54. The quantitative estimate of drug-likeness (QED) is 0.912. The Bertz CT molecular complexity index is 750. The molecule has 0 unspecified atom stereocenters. The molecular formula is C20H22N2O3. The van der Waals surface area contributed by atoms with E-state index >= 15 is 0 Å². The van der Waals surface area contributed by atoms with Gasteiger partial charge in [0.25, 0.3) is 11.8 Å². The van der Waals surface area contributed by atoms with Crippen LogP contribution < -0.4 is 10.1 Å². The van der Waals surface area contributed by atoms with Crippen LogP contribution in [-0.2, 0) is 6.54 Å². The van der Waals surface area contributed by atoms with Crippen LogP contribution in [0.15, 0.2) is 48.5 Å². The second-order valence-electron chi connectivity index (χ2n) is 6.08. The minimum atomic E-state index is -0.185. The summed E-state index contributed by atoms with van der Waals surface area (Å²) in [6, 6.07) is 14.5. The fourth-order valence-corrected chi connectivity index (χ4v) is 2.98. The van der Waals surface area contributed by atoms with Crippen molar-refractivity contribution in [2.75, 3.05) is 20.2 Å². The molecule has 1 fully saturated rings. The molecular weight excluding hydrogens is 316 g/mol. The van der Waals surface area contributed by atoms with Crippen molar-refractivity contribution in [1.82, 2.24) is 10.2 Å². The lowest BCUT2D eigenvalue weighted by molar-refractivity contribution is 0.0792. The number of methoxy groups -OCH3 is 1. The minimum absolute atomic E-state index is 0.0853. The number of carbonyl (C=O) groups excluding carboxylic acids is 2. The van der Waals surface area contributed by atoms with Crippen molar-refractivity contribution in [3.8, 4) is 5.75 Å². The number of rotatable bonds is 5. The number of amides is 2. The summed E-state index contributed by atoms with van der Waals surface area (Å²) < 4.78 is 5.21. The van der Waals surface area contributed by atoms with Crippen molar-refractivity contribution in [2.24, 2.45) is 0 Å². The molecule has 130 valence electrons. The molecule has 1 aliphatic heterocycles. The van der Waals surface area contributed by atoms with E-state index in [0.29, 0.717) is 23.4 Å². The predicted octanol–water partition coefficient (Wildman–Crippen LogP) is 2.86. The van der Waals surface area contributed by atoms with Gasteiger partial charge in [-0.05, 0) is 42.7 Å². The zero-order chi connectivity index (χ0) is 17.6. The SMILES string of the molecule is COc1ccccc1C(=O)NCc1ccc(C(=O)N2CCCC2)cc1. The second-order valence-corrected chi connectivity index (χ2v) is 6.08. The average molecular weight is 338 g/mol. The zero-order valence-electron chi connectivity index (χ0n) is 14.3. The van der Waals surface area contributed by atoms with E-state index in [-0.39, 0.29) is 11.8 Å². The Kier molecular flexibility index (Phi) is 5.33. The van der Waals surface area contributed by atoms with Crippen LogP contribution in [0.3, 0.4) is 0 Å². The maximum absolute atomic E-state index is 12.3. The first-order chi connectivity index (χ1) is 12.2. The maximum atomic E-state index is 12.3. The van der Waals surface area contributed by atoms with Gasteiger partial charge in [0.15, 0.2) is 0 Å². The Hall–Kier alpha value is -2.82. The predicted molar refractivity (Wildman–Crippen MR) is 95.7 cm³/mol. The molecule has 1 N–H and O–H groups in total. The number of para-hydroxylation sites is 1. The third-order valence-corrected chi connectivity index (χ3v) is 4.40. The molecule has 2 aromatic carbocycles. The van der Waals surface area contributed by atoms with Gasteiger partial charge < -0.3 is 15.0 Å². The van der Waals surface area contributed by atoms with Crippen molar-refractivity contribution < 1.29 is 14.3 Å². The summed E-state index contributed by atoms with van der Waals surface area (Å²) in [4.78, 5) is 26.5. The molecule has 0 radical (unpaired) electrons. The number of nitrogens with one attached hydrogen (secondary N) is 1. The van der Waals surface area contributed by atoms with Gasteiger partial charge >= 0.3 is 0 Å². The van der Waals surface area contributed by atoms with Gasteiger partial charge in [0.05, 0.1) is 12.7 Å². The first kappa shape index (κ1) is 17.0. The van der Waals surface area contributed by atoms with Gasteiger partial charge in [0, 0.05) is 25.2 Å². The molecule has 3 rings (SSSR count). The smallest absolute Gasteiger partial charge is 0.255 e. The van der Waals surface area contributed by atoms with Crippen LogP contribution in [0.2, 0.25) is 0 Å².